The number of carbonyl (C=O) groups is 1. The zero-order valence-electron chi connectivity index (χ0n) is 19.2. The Bertz CT molecular complexity index is 1330. The third kappa shape index (κ3) is 4.86. The second-order valence-corrected chi connectivity index (χ2v) is 9.07. The molecular formula is C25H28N4O3S. The SMILES string of the molecule is CCOCCCn1c(=O)c2ccccc2n2c(SCC(=O)c3ccc(C(C)C)cc3)nnc12. The van der Waals surface area contributed by atoms with Crippen molar-refractivity contribution in [2.24, 2.45) is 0 Å². The van der Waals surface area contributed by atoms with Gasteiger partial charge >= 0.3 is 0 Å². The summed E-state index contributed by atoms with van der Waals surface area (Å²) in [6, 6.07) is 15.2. The lowest BCUT2D eigenvalue weighted by Gasteiger charge is -2.11. The van der Waals surface area contributed by atoms with Crippen LogP contribution in [0.15, 0.2) is 58.5 Å². The molecule has 0 spiro atoms. The molecular weight excluding hydrogens is 436 g/mol. The van der Waals surface area contributed by atoms with Crippen LogP contribution in [-0.2, 0) is 11.3 Å². The van der Waals surface area contributed by atoms with Crippen LogP contribution < -0.4 is 5.56 Å². The Labute approximate surface area is 196 Å². The molecule has 0 saturated heterocycles. The van der Waals surface area contributed by atoms with Gasteiger partial charge in [-0.3, -0.25) is 18.6 Å². The Morgan fingerprint density at radius 1 is 1.09 bits per heavy atom. The van der Waals surface area contributed by atoms with Crippen LogP contribution in [0.5, 0.6) is 0 Å². The maximum Gasteiger partial charge on any atom is 0.262 e. The molecule has 0 amide bonds. The smallest absolute Gasteiger partial charge is 0.262 e. The lowest BCUT2D eigenvalue weighted by atomic mass is 10.0. The molecule has 0 aliphatic carbocycles. The highest BCUT2D eigenvalue weighted by Gasteiger charge is 2.18. The fraction of sp³-hybridized carbons (Fsp3) is 0.360. The molecule has 0 N–H and O–H groups in total. The first-order valence-electron chi connectivity index (χ1n) is 11.2. The number of aryl methyl sites for hydroxylation is 1. The van der Waals surface area contributed by atoms with Gasteiger partial charge in [0.05, 0.1) is 16.7 Å². The first-order chi connectivity index (χ1) is 16.0. The second kappa shape index (κ2) is 10.3. The van der Waals surface area contributed by atoms with Crippen LogP contribution in [-0.4, -0.2) is 43.9 Å². The van der Waals surface area contributed by atoms with E-state index in [1.165, 1.54) is 17.3 Å². The lowest BCUT2D eigenvalue weighted by molar-refractivity contribution is 0.102. The number of carbonyl (C=O) groups excluding carboxylic acids is 1. The van der Waals surface area contributed by atoms with Gasteiger partial charge in [-0.25, -0.2) is 0 Å². The van der Waals surface area contributed by atoms with Gasteiger partial charge in [-0.2, -0.15) is 0 Å². The average Bonchev–Trinajstić information content (AvgIpc) is 3.26. The normalized spacial score (nSPS) is 11.6. The number of rotatable bonds is 10. The van der Waals surface area contributed by atoms with Gasteiger partial charge in [-0.1, -0.05) is 62.0 Å². The number of nitrogens with zero attached hydrogens (tertiary/aromatic N) is 4. The number of hydrogen-bond donors (Lipinski definition) is 0. The van der Waals surface area contributed by atoms with Gasteiger partial charge < -0.3 is 4.74 Å². The number of Topliss-reactive ketones (excluding diaryl/α,β-unsaturated/α-hetero) is 1. The number of ketones is 1. The van der Waals surface area contributed by atoms with Crippen LogP contribution in [0, 0.1) is 0 Å². The van der Waals surface area contributed by atoms with E-state index in [9.17, 15) is 9.59 Å². The molecule has 4 rings (SSSR count). The minimum atomic E-state index is -0.0973. The van der Waals surface area contributed by atoms with Crippen LogP contribution in [0.1, 0.15) is 49.0 Å². The van der Waals surface area contributed by atoms with Gasteiger partial charge in [0.15, 0.2) is 10.9 Å². The minimum absolute atomic E-state index is 0.0291. The number of para-hydroxylation sites is 1. The summed E-state index contributed by atoms with van der Waals surface area (Å²) in [6.45, 7) is 7.90. The van der Waals surface area contributed by atoms with E-state index in [0.29, 0.717) is 54.0 Å². The number of benzene rings is 2. The summed E-state index contributed by atoms with van der Waals surface area (Å²) in [7, 11) is 0. The largest absolute Gasteiger partial charge is 0.382 e. The zero-order valence-corrected chi connectivity index (χ0v) is 20.0. The first-order valence-corrected chi connectivity index (χ1v) is 12.2. The molecule has 0 saturated carbocycles. The van der Waals surface area contributed by atoms with Gasteiger partial charge in [0, 0.05) is 25.3 Å². The van der Waals surface area contributed by atoms with E-state index in [-0.39, 0.29) is 17.1 Å². The third-order valence-electron chi connectivity index (χ3n) is 5.58. The Hall–Kier alpha value is -2.97. The highest BCUT2D eigenvalue weighted by molar-refractivity contribution is 7.99. The molecule has 33 heavy (non-hydrogen) atoms. The molecule has 0 aliphatic heterocycles. The number of hydrogen-bond acceptors (Lipinski definition) is 6. The van der Waals surface area contributed by atoms with Crippen molar-refractivity contribution in [3.8, 4) is 0 Å². The Balaban J connectivity index is 1.64. The summed E-state index contributed by atoms with van der Waals surface area (Å²) in [5.74, 6) is 1.16. The fourth-order valence-electron chi connectivity index (χ4n) is 3.77. The highest BCUT2D eigenvalue weighted by atomic mass is 32.2. The molecule has 0 radical (unpaired) electrons. The fourth-order valence-corrected chi connectivity index (χ4v) is 4.60. The number of aromatic nitrogens is 4. The molecule has 0 atom stereocenters. The average molecular weight is 465 g/mol. The predicted molar refractivity (Wildman–Crippen MR) is 131 cm³/mol. The van der Waals surface area contributed by atoms with E-state index in [1.54, 1.807) is 4.57 Å². The molecule has 0 fully saturated rings. The van der Waals surface area contributed by atoms with Crippen LogP contribution in [0.2, 0.25) is 0 Å². The van der Waals surface area contributed by atoms with Gasteiger partial charge in [-0.15, -0.1) is 10.2 Å². The van der Waals surface area contributed by atoms with Crippen molar-refractivity contribution in [1.29, 1.82) is 0 Å². The van der Waals surface area contributed by atoms with Crippen molar-refractivity contribution in [1.82, 2.24) is 19.2 Å². The van der Waals surface area contributed by atoms with Gasteiger partial charge in [-0.05, 0) is 37.0 Å². The number of fused-ring (bicyclic) bond motifs is 3. The molecule has 0 unspecified atom stereocenters. The molecule has 0 bridgehead atoms. The Morgan fingerprint density at radius 3 is 2.58 bits per heavy atom. The van der Waals surface area contributed by atoms with Crippen molar-refractivity contribution in [3.63, 3.8) is 0 Å². The molecule has 8 heteroatoms. The summed E-state index contributed by atoms with van der Waals surface area (Å²) in [6.07, 6.45) is 0.696. The van der Waals surface area contributed by atoms with Crippen molar-refractivity contribution >= 4 is 34.2 Å². The summed E-state index contributed by atoms with van der Waals surface area (Å²) >= 11 is 1.33. The third-order valence-corrected chi connectivity index (χ3v) is 6.51. The van der Waals surface area contributed by atoms with Crippen molar-refractivity contribution in [2.75, 3.05) is 19.0 Å². The standard InChI is InChI=1S/C25H28N4O3S/c1-4-32-15-7-14-28-23(31)20-8-5-6-9-21(20)29-24(28)26-27-25(29)33-16-22(30)19-12-10-18(11-13-19)17(2)3/h5-6,8-13,17H,4,7,14-16H2,1-3H3. The molecule has 2 aromatic carbocycles. The second-order valence-electron chi connectivity index (χ2n) is 8.13. The van der Waals surface area contributed by atoms with Crippen molar-refractivity contribution < 1.29 is 9.53 Å². The Kier molecular flexibility index (Phi) is 7.25. The summed E-state index contributed by atoms with van der Waals surface area (Å²) < 4.78 is 8.94. The molecule has 7 nitrogen and oxygen atoms in total. The van der Waals surface area contributed by atoms with E-state index in [0.717, 1.165) is 5.52 Å². The van der Waals surface area contributed by atoms with Crippen LogP contribution in [0.4, 0.5) is 0 Å². The molecule has 172 valence electrons. The van der Waals surface area contributed by atoms with E-state index in [1.807, 2.05) is 59.9 Å². The minimum Gasteiger partial charge on any atom is -0.382 e. The zero-order chi connectivity index (χ0) is 23.4. The maximum atomic E-state index is 13.1. The maximum absolute atomic E-state index is 13.1. The molecule has 2 heterocycles. The molecule has 0 aliphatic rings. The van der Waals surface area contributed by atoms with E-state index < -0.39 is 0 Å². The lowest BCUT2D eigenvalue weighted by Crippen LogP contribution is -2.24. The van der Waals surface area contributed by atoms with E-state index in [4.69, 9.17) is 4.74 Å². The molecule has 2 aromatic heterocycles. The van der Waals surface area contributed by atoms with Crippen LogP contribution in [0.25, 0.3) is 16.7 Å². The topological polar surface area (TPSA) is 78.5 Å². The van der Waals surface area contributed by atoms with Crippen molar-refractivity contribution in [2.45, 2.75) is 44.8 Å². The van der Waals surface area contributed by atoms with E-state index in [2.05, 4.69) is 24.0 Å². The van der Waals surface area contributed by atoms with E-state index >= 15 is 0 Å². The highest BCUT2D eigenvalue weighted by Crippen LogP contribution is 2.23. The number of thioether (sulfide) groups is 1. The Morgan fingerprint density at radius 2 is 1.85 bits per heavy atom. The first kappa shape index (κ1) is 23.2. The quantitative estimate of drug-likeness (QED) is 0.194. The van der Waals surface area contributed by atoms with Gasteiger partial charge in [0.2, 0.25) is 5.78 Å². The van der Waals surface area contributed by atoms with Crippen LogP contribution in [0.3, 0.4) is 0 Å². The summed E-state index contributed by atoms with van der Waals surface area (Å²) in [4.78, 5) is 25.9. The number of ether oxygens (including phenoxy) is 1. The van der Waals surface area contributed by atoms with Crippen LogP contribution >= 0.6 is 11.8 Å². The van der Waals surface area contributed by atoms with Gasteiger partial charge in [0.1, 0.15) is 0 Å². The molecule has 4 aromatic rings. The summed E-state index contributed by atoms with van der Waals surface area (Å²) in [5.41, 5.74) is 2.52. The monoisotopic (exact) mass is 464 g/mol. The summed E-state index contributed by atoms with van der Waals surface area (Å²) in [5, 5.41) is 9.83. The van der Waals surface area contributed by atoms with Crippen molar-refractivity contribution in [3.05, 3.63) is 70.0 Å². The predicted octanol–water partition coefficient (Wildman–Crippen LogP) is 4.57. The van der Waals surface area contributed by atoms with Gasteiger partial charge in [0.25, 0.3) is 5.56 Å².